The first-order chi connectivity index (χ1) is 25.8. The number of carbonyl (C=O) groups is 5. The molecule has 55 heavy (non-hydrogen) atoms. The summed E-state index contributed by atoms with van der Waals surface area (Å²) < 4.78 is 44.4. The number of ether oxygens (including phenoxy) is 3. The van der Waals surface area contributed by atoms with Crippen LogP contribution in [0, 0.1) is 11.3 Å². The first kappa shape index (κ1) is 40.6. The summed E-state index contributed by atoms with van der Waals surface area (Å²) in [6.45, 7) is 15.0. The van der Waals surface area contributed by atoms with Gasteiger partial charge in [0.2, 0.25) is 28.7 Å². The van der Waals surface area contributed by atoms with Crippen molar-refractivity contribution in [3.8, 4) is 11.6 Å². The predicted molar refractivity (Wildman–Crippen MR) is 199 cm³/mol. The Morgan fingerprint density at radius 1 is 1.13 bits per heavy atom. The monoisotopic (exact) mass is 798 g/mol. The van der Waals surface area contributed by atoms with Gasteiger partial charge in [-0.3, -0.25) is 19.2 Å². The summed E-state index contributed by atoms with van der Waals surface area (Å²) in [5, 5.41) is 16.1. The Morgan fingerprint density at radius 2 is 1.85 bits per heavy atom. The van der Waals surface area contributed by atoms with Gasteiger partial charge in [0.15, 0.2) is 0 Å². The summed E-state index contributed by atoms with van der Waals surface area (Å²) in [6, 6.07) is 4.63. The van der Waals surface area contributed by atoms with Crippen LogP contribution >= 0.6 is 11.3 Å². The number of hydrogen-bond donors (Lipinski definition) is 4. The van der Waals surface area contributed by atoms with Crippen molar-refractivity contribution >= 4 is 67.0 Å². The molecule has 5 rings (SSSR count). The third kappa shape index (κ3) is 9.02. The van der Waals surface area contributed by atoms with E-state index in [0.29, 0.717) is 22.5 Å². The van der Waals surface area contributed by atoms with E-state index < -0.39 is 79.1 Å². The number of sulfonamides is 1. The SMILES string of the molecule is C=C[C@@H]1C[C@]1(NC(=O)[C@@H]1C[C@@H](Oc2nccc3cc(OC)ccc23)CN1C(=O)[C@@H](NC(=O)OC(=C)C)C(C)(C)C)C(=O)NS(=O)(=O)c1nnc(NC(C)=O)s1. The quantitative estimate of drug-likeness (QED) is 0.111. The summed E-state index contributed by atoms with van der Waals surface area (Å²) in [4.78, 5) is 72.2. The van der Waals surface area contributed by atoms with Crippen LogP contribution in [0.1, 0.15) is 47.5 Å². The fraction of sp³-hybridized carbons (Fsp3) is 0.429. The van der Waals surface area contributed by atoms with Crippen LogP contribution in [-0.4, -0.2) is 95.6 Å². The Labute approximate surface area is 321 Å². The molecule has 1 aromatic carbocycles. The molecule has 0 unspecified atom stereocenters. The second-order valence-electron chi connectivity index (χ2n) is 14.2. The number of pyridine rings is 1. The van der Waals surface area contributed by atoms with Crippen LogP contribution in [0.3, 0.4) is 0 Å². The van der Waals surface area contributed by atoms with E-state index in [-0.39, 0.29) is 36.2 Å². The van der Waals surface area contributed by atoms with E-state index in [2.05, 4.69) is 44.3 Å². The molecule has 20 heteroatoms. The smallest absolute Gasteiger partial charge is 0.412 e. The standard InChI is InChI=1S/C35H42N8O10S2/c1-9-21-16-35(21,30(47)42-55(49,50)33-41-40-31(54-33)37-19(4)44)39-27(45)25-15-23(53-28-24-11-10-22(51-8)14-20(24)12-13-36-28)17-43(25)29(46)26(34(5,6)7)38-32(48)52-18(2)3/h9-14,21,23,25-26H,1-2,15-17H2,3-8H3,(H,38,48)(H,39,45)(H,42,47)(H,37,40,44)/t21-,23-,25+,26-,35-/m1/s1. The number of nitrogens with one attached hydrogen (secondary N) is 4. The van der Waals surface area contributed by atoms with Crippen molar-refractivity contribution in [3.05, 3.63) is 55.5 Å². The average molecular weight is 799 g/mol. The van der Waals surface area contributed by atoms with Crippen molar-refractivity contribution in [1.82, 2.24) is 35.4 Å². The van der Waals surface area contributed by atoms with Gasteiger partial charge in [-0.15, -0.1) is 16.8 Å². The maximum absolute atomic E-state index is 14.4. The minimum absolute atomic E-state index is 0.000245. The van der Waals surface area contributed by atoms with Crippen molar-refractivity contribution in [2.24, 2.45) is 11.3 Å². The van der Waals surface area contributed by atoms with Crippen molar-refractivity contribution in [2.45, 2.75) is 75.5 Å². The van der Waals surface area contributed by atoms with E-state index in [1.54, 1.807) is 58.3 Å². The number of nitrogens with zero attached hydrogens (tertiary/aromatic N) is 4. The van der Waals surface area contributed by atoms with E-state index in [1.807, 2.05) is 4.72 Å². The van der Waals surface area contributed by atoms with Crippen molar-refractivity contribution in [2.75, 3.05) is 19.0 Å². The fourth-order valence-electron chi connectivity index (χ4n) is 6.12. The molecule has 0 radical (unpaired) electrons. The molecule has 1 aliphatic heterocycles. The van der Waals surface area contributed by atoms with Gasteiger partial charge in [0.1, 0.15) is 29.5 Å². The number of carbonyl (C=O) groups excluding carboxylic acids is 5. The molecule has 1 saturated heterocycles. The third-order valence-corrected chi connectivity index (χ3v) is 11.4. The van der Waals surface area contributed by atoms with Gasteiger partial charge in [-0.1, -0.05) is 44.8 Å². The zero-order valence-electron chi connectivity index (χ0n) is 31.0. The number of fused-ring (bicyclic) bond motifs is 1. The van der Waals surface area contributed by atoms with Crippen LogP contribution < -0.4 is 30.1 Å². The summed E-state index contributed by atoms with van der Waals surface area (Å²) >= 11 is 0.523. The second kappa shape index (κ2) is 15.6. The van der Waals surface area contributed by atoms with Gasteiger partial charge in [0.05, 0.1) is 19.4 Å². The number of allylic oxidation sites excluding steroid dienone is 1. The van der Waals surface area contributed by atoms with E-state index in [1.165, 1.54) is 24.8 Å². The topological polar surface area (TPSA) is 237 Å². The highest BCUT2D eigenvalue weighted by atomic mass is 32.2. The van der Waals surface area contributed by atoms with E-state index in [4.69, 9.17) is 14.2 Å². The van der Waals surface area contributed by atoms with Gasteiger partial charge >= 0.3 is 6.09 Å². The molecule has 2 aromatic heterocycles. The Morgan fingerprint density at radius 3 is 2.47 bits per heavy atom. The van der Waals surface area contributed by atoms with Crippen molar-refractivity contribution in [3.63, 3.8) is 0 Å². The predicted octanol–water partition coefficient (Wildman–Crippen LogP) is 2.64. The lowest BCUT2D eigenvalue weighted by Crippen LogP contribution is -2.60. The van der Waals surface area contributed by atoms with Gasteiger partial charge in [0.25, 0.3) is 20.3 Å². The Kier molecular flexibility index (Phi) is 11.5. The average Bonchev–Trinajstić information content (AvgIpc) is 3.37. The normalized spacial score (nSPS) is 21.1. The van der Waals surface area contributed by atoms with E-state index in [9.17, 15) is 32.4 Å². The highest BCUT2D eigenvalue weighted by Crippen LogP contribution is 2.45. The molecule has 18 nitrogen and oxygen atoms in total. The molecule has 0 bridgehead atoms. The van der Waals surface area contributed by atoms with Crippen LogP contribution in [0.15, 0.2) is 59.8 Å². The molecule has 5 atom stereocenters. The van der Waals surface area contributed by atoms with Gasteiger partial charge in [-0.05, 0) is 48.4 Å². The zero-order valence-corrected chi connectivity index (χ0v) is 32.6. The molecule has 3 aromatic rings. The summed E-state index contributed by atoms with van der Waals surface area (Å²) in [6.07, 6.45) is 1.17. The van der Waals surface area contributed by atoms with Crippen molar-refractivity contribution < 1.29 is 46.6 Å². The summed E-state index contributed by atoms with van der Waals surface area (Å²) in [5.41, 5.74) is -2.64. The molecule has 0 spiro atoms. The summed E-state index contributed by atoms with van der Waals surface area (Å²) in [7, 11) is -3.05. The maximum Gasteiger partial charge on any atom is 0.412 e. The van der Waals surface area contributed by atoms with Crippen LogP contribution in [-0.2, 0) is 33.9 Å². The number of anilines is 1. The fourth-order valence-corrected chi connectivity index (χ4v) is 8.10. The van der Waals surface area contributed by atoms with Crippen LogP contribution in [0.25, 0.3) is 10.8 Å². The molecule has 1 saturated carbocycles. The van der Waals surface area contributed by atoms with Gasteiger partial charge < -0.3 is 35.1 Å². The largest absolute Gasteiger partial charge is 0.497 e. The molecule has 5 amide bonds. The van der Waals surface area contributed by atoms with Crippen molar-refractivity contribution in [1.29, 1.82) is 0 Å². The molecule has 294 valence electrons. The van der Waals surface area contributed by atoms with Gasteiger partial charge in [-0.2, -0.15) is 8.42 Å². The number of rotatable bonds is 13. The van der Waals surface area contributed by atoms with Crippen LogP contribution in [0.5, 0.6) is 11.6 Å². The molecule has 4 N–H and O–H groups in total. The number of alkyl carbamates (subject to hydrolysis) is 1. The molecular weight excluding hydrogens is 757 g/mol. The number of aromatic nitrogens is 3. The lowest BCUT2D eigenvalue weighted by molar-refractivity contribution is -0.142. The zero-order chi connectivity index (χ0) is 40.5. The number of amides is 5. The maximum atomic E-state index is 14.4. The van der Waals surface area contributed by atoms with Gasteiger partial charge in [-0.25, -0.2) is 14.5 Å². The van der Waals surface area contributed by atoms with E-state index >= 15 is 0 Å². The minimum atomic E-state index is -4.59. The Balaban J connectivity index is 1.44. The first-order valence-electron chi connectivity index (χ1n) is 16.9. The minimum Gasteiger partial charge on any atom is -0.497 e. The Bertz CT molecular complexity index is 2170. The molecule has 2 fully saturated rings. The number of methoxy groups -OCH3 is 1. The summed E-state index contributed by atoms with van der Waals surface area (Å²) in [5.74, 6) is -2.73. The lowest BCUT2D eigenvalue weighted by Gasteiger charge is -2.35. The Hall–Kier alpha value is -5.63. The second-order valence-corrected chi connectivity index (χ2v) is 17.0. The number of hydrogen-bond acceptors (Lipinski definition) is 14. The molecule has 3 heterocycles. The highest BCUT2D eigenvalue weighted by molar-refractivity contribution is 7.92. The van der Waals surface area contributed by atoms with Gasteiger partial charge in [0, 0.05) is 30.8 Å². The lowest BCUT2D eigenvalue weighted by atomic mass is 9.85. The number of benzene rings is 1. The highest BCUT2D eigenvalue weighted by Gasteiger charge is 2.61. The van der Waals surface area contributed by atoms with E-state index in [0.717, 1.165) is 5.39 Å². The molecule has 1 aliphatic carbocycles. The molecule has 2 aliphatic rings. The van der Waals surface area contributed by atoms with Crippen LogP contribution in [0.2, 0.25) is 0 Å². The first-order valence-corrected chi connectivity index (χ1v) is 19.2. The molecular formula is C35H42N8O10S2. The van der Waals surface area contributed by atoms with Crippen LogP contribution in [0.4, 0.5) is 9.93 Å². The number of likely N-dealkylation sites (tertiary alicyclic amines) is 1. The third-order valence-electron chi connectivity index (χ3n) is 8.90.